The van der Waals surface area contributed by atoms with Crippen LogP contribution in [-0.4, -0.2) is 30.2 Å². The summed E-state index contributed by atoms with van der Waals surface area (Å²) < 4.78 is 4.96. The van der Waals surface area contributed by atoms with E-state index >= 15 is 0 Å². The van der Waals surface area contributed by atoms with E-state index in [2.05, 4.69) is 26.7 Å². The molecular formula is C14H15N5O. The van der Waals surface area contributed by atoms with Crippen molar-refractivity contribution in [2.75, 3.05) is 30.9 Å². The van der Waals surface area contributed by atoms with Crippen molar-refractivity contribution in [1.82, 2.24) is 9.97 Å². The van der Waals surface area contributed by atoms with E-state index in [9.17, 15) is 0 Å². The highest BCUT2D eigenvalue weighted by Crippen LogP contribution is 2.15. The lowest BCUT2D eigenvalue weighted by molar-refractivity contribution is 0.210. The molecular weight excluding hydrogens is 254 g/mol. The van der Waals surface area contributed by atoms with E-state index < -0.39 is 0 Å². The topological polar surface area (TPSA) is 82.9 Å². The number of nitrogens with zero attached hydrogens (tertiary/aromatic N) is 3. The van der Waals surface area contributed by atoms with E-state index in [1.165, 1.54) is 0 Å². The van der Waals surface area contributed by atoms with Crippen molar-refractivity contribution in [3.63, 3.8) is 0 Å². The molecule has 2 N–H and O–H groups in total. The highest BCUT2D eigenvalue weighted by Gasteiger charge is 2.00. The number of anilines is 3. The summed E-state index contributed by atoms with van der Waals surface area (Å²) in [7, 11) is 1.65. The lowest BCUT2D eigenvalue weighted by Gasteiger charge is -2.08. The molecule has 1 aromatic heterocycles. The third-order valence-corrected chi connectivity index (χ3v) is 2.52. The van der Waals surface area contributed by atoms with Gasteiger partial charge in [0.2, 0.25) is 5.95 Å². The van der Waals surface area contributed by atoms with Gasteiger partial charge >= 0.3 is 0 Å². The molecule has 0 amide bonds. The van der Waals surface area contributed by atoms with Gasteiger partial charge in [-0.3, -0.25) is 0 Å². The summed E-state index contributed by atoms with van der Waals surface area (Å²) in [6.45, 7) is 1.29. The molecule has 20 heavy (non-hydrogen) atoms. The number of methoxy groups -OCH3 is 1. The molecule has 0 aliphatic carbocycles. The van der Waals surface area contributed by atoms with Gasteiger partial charge in [-0.2, -0.15) is 10.2 Å². The molecule has 0 fully saturated rings. The number of nitrogens with one attached hydrogen (secondary N) is 2. The Bertz CT molecular complexity index is 609. The summed E-state index contributed by atoms with van der Waals surface area (Å²) in [5.74, 6) is 1.19. The molecule has 0 saturated heterocycles. The second-order valence-corrected chi connectivity index (χ2v) is 4.00. The Labute approximate surface area is 117 Å². The first-order valence-corrected chi connectivity index (χ1v) is 6.15. The summed E-state index contributed by atoms with van der Waals surface area (Å²) >= 11 is 0. The number of hydrogen-bond acceptors (Lipinski definition) is 6. The van der Waals surface area contributed by atoms with E-state index in [4.69, 9.17) is 10.00 Å². The van der Waals surface area contributed by atoms with Crippen LogP contribution in [0.4, 0.5) is 17.5 Å². The van der Waals surface area contributed by atoms with Gasteiger partial charge in [0.1, 0.15) is 5.82 Å². The summed E-state index contributed by atoms with van der Waals surface area (Å²) in [6, 6.07) is 11.0. The third kappa shape index (κ3) is 3.93. The fourth-order valence-corrected chi connectivity index (χ4v) is 1.59. The van der Waals surface area contributed by atoms with E-state index in [0.717, 1.165) is 11.5 Å². The molecule has 1 heterocycles. The Balaban J connectivity index is 2.05. The summed E-state index contributed by atoms with van der Waals surface area (Å²) in [5, 5.41) is 15.1. The number of benzene rings is 1. The van der Waals surface area contributed by atoms with Gasteiger partial charge in [-0.25, -0.2) is 4.98 Å². The normalized spacial score (nSPS) is 9.80. The number of rotatable bonds is 6. The summed E-state index contributed by atoms with van der Waals surface area (Å²) in [5.41, 5.74) is 1.36. The van der Waals surface area contributed by atoms with Crippen molar-refractivity contribution in [2.45, 2.75) is 0 Å². The molecule has 0 saturated carbocycles. The van der Waals surface area contributed by atoms with E-state index in [0.29, 0.717) is 24.7 Å². The maximum atomic E-state index is 8.86. The van der Waals surface area contributed by atoms with Crippen molar-refractivity contribution in [3.05, 3.63) is 42.1 Å². The van der Waals surface area contributed by atoms with Crippen molar-refractivity contribution >= 4 is 17.5 Å². The number of ether oxygens (including phenoxy) is 1. The SMILES string of the molecule is COCCNc1ccnc(Nc2cccc(C#N)c2)n1. The number of nitriles is 1. The van der Waals surface area contributed by atoms with Crippen LogP contribution in [-0.2, 0) is 4.74 Å². The lowest BCUT2D eigenvalue weighted by Crippen LogP contribution is -2.09. The fraction of sp³-hybridized carbons (Fsp3) is 0.214. The fourth-order valence-electron chi connectivity index (χ4n) is 1.59. The summed E-state index contributed by atoms with van der Waals surface area (Å²) in [6.07, 6.45) is 1.67. The van der Waals surface area contributed by atoms with Gasteiger partial charge in [0.25, 0.3) is 0 Å². The zero-order valence-corrected chi connectivity index (χ0v) is 11.1. The largest absolute Gasteiger partial charge is 0.383 e. The van der Waals surface area contributed by atoms with Crippen LogP contribution in [0.5, 0.6) is 0 Å². The molecule has 0 unspecified atom stereocenters. The van der Waals surface area contributed by atoms with Crippen LogP contribution in [0.15, 0.2) is 36.5 Å². The average Bonchev–Trinajstić information content (AvgIpc) is 2.48. The van der Waals surface area contributed by atoms with Gasteiger partial charge in [-0.1, -0.05) is 6.07 Å². The Morgan fingerprint density at radius 1 is 1.35 bits per heavy atom. The monoisotopic (exact) mass is 269 g/mol. The van der Waals surface area contributed by atoms with Crippen LogP contribution in [0.3, 0.4) is 0 Å². The number of aromatic nitrogens is 2. The van der Waals surface area contributed by atoms with Crippen molar-refractivity contribution < 1.29 is 4.74 Å². The van der Waals surface area contributed by atoms with Crippen LogP contribution < -0.4 is 10.6 Å². The van der Waals surface area contributed by atoms with Crippen LogP contribution >= 0.6 is 0 Å². The molecule has 2 aromatic rings. The Morgan fingerprint density at radius 2 is 2.25 bits per heavy atom. The zero-order chi connectivity index (χ0) is 14.2. The Morgan fingerprint density at radius 3 is 3.05 bits per heavy atom. The van der Waals surface area contributed by atoms with Gasteiger partial charge in [0, 0.05) is 25.5 Å². The molecule has 6 heteroatoms. The highest BCUT2D eigenvalue weighted by molar-refractivity contribution is 5.57. The second kappa shape index (κ2) is 7.07. The Kier molecular flexibility index (Phi) is 4.87. The average molecular weight is 269 g/mol. The van der Waals surface area contributed by atoms with Crippen molar-refractivity contribution in [1.29, 1.82) is 5.26 Å². The quantitative estimate of drug-likeness (QED) is 0.782. The second-order valence-electron chi connectivity index (χ2n) is 4.00. The van der Waals surface area contributed by atoms with Crippen LogP contribution in [0, 0.1) is 11.3 Å². The van der Waals surface area contributed by atoms with Crippen molar-refractivity contribution in [3.8, 4) is 6.07 Å². The molecule has 0 atom stereocenters. The molecule has 0 spiro atoms. The smallest absolute Gasteiger partial charge is 0.229 e. The lowest BCUT2D eigenvalue weighted by atomic mass is 10.2. The van der Waals surface area contributed by atoms with E-state index in [-0.39, 0.29) is 0 Å². The maximum Gasteiger partial charge on any atom is 0.229 e. The number of hydrogen-bond donors (Lipinski definition) is 2. The van der Waals surface area contributed by atoms with Crippen LogP contribution in [0.2, 0.25) is 0 Å². The minimum absolute atomic E-state index is 0.475. The summed E-state index contributed by atoms with van der Waals surface area (Å²) in [4.78, 5) is 8.47. The van der Waals surface area contributed by atoms with E-state index in [1.807, 2.05) is 12.1 Å². The minimum Gasteiger partial charge on any atom is -0.383 e. The van der Waals surface area contributed by atoms with Gasteiger partial charge in [0.05, 0.1) is 18.2 Å². The van der Waals surface area contributed by atoms with Crippen LogP contribution in [0.1, 0.15) is 5.56 Å². The molecule has 0 bridgehead atoms. The minimum atomic E-state index is 0.475. The molecule has 0 aliphatic heterocycles. The molecule has 6 nitrogen and oxygen atoms in total. The van der Waals surface area contributed by atoms with Gasteiger partial charge in [-0.05, 0) is 24.3 Å². The predicted octanol–water partition coefficient (Wildman–Crippen LogP) is 2.15. The Hall–Kier alpha value is -2.65. The highest BCUT2D eigenvalue weighted by atomic mass is 16.5. The van der Waals surface area contributed by atoms with Gasteiger partial charge in [0.15, 0.2) is 0 Å². The third-order valence-electron chi connectivity index (χ3n) is 2.52. The molecule has 0 radical (unpaired) electrons. The van der Waals surface area contributed by atoms with E-state index in [1.54, 1.807) is 31.5 Å². The maximum absolute atomic E-state index is 8.86. The van der Waals surface area contributed by atoms with Gasteiger partial charge in [-0.15, -0.1) is 0 Å². The molecule has 1 aromatic carbocycles. The van der Waals surface area contributed by atoms with Crippen LogP contribution in [0.25, 0.3) is 0 Å². The molecule has 102 valence electrons. The molecule has 0 aliphatic rings. The zero-order valence-electron chi connectivity index (χ0n) is 11.1. The molecule has 2 rings (SSSR count). The first-order valence-electron chi connectivity index (χ1n) is 6.15. The first-order chi connectivity index (χ1) is 9.81. The van der Waals surface area contributed by atoms with Gasteiger partial charge < -0.3 is 15.4 Å². The standard InChI is InChI=1S/C14H15N5O/c1-20-8-7-16-13-5-6-17-14(19-13)18-12-4-2-3-11(9-12)10-15/h2-6,9H,7-8H2,1H3,(H2,16,17,18,19). The first kappa shape index (κ1) is 13.8. The predicted molar refractivity (Wildman–Crippen MR) is 76.8 cm³/mol. The van der Waals surface area contributed by atoms with Crippen molar-refractivity contribution in [2.24, 2.45) is 0 Å².